The first-order valence-electron chi connectivity index (χ1n) is 9.08. The number of nitrogens with zero attached hydrogens (tertiary/aromatic N) is 1. The van der Waals surface area contributed by atoms with Gasteiger partial charge in [0, 0.05) is 24.5 Å². The van der Waals surface area contributed by atoms with Crippen LogP contribution < -0.4 is 9.62 Å². The molecule has 0 aliphatic carbocycles. The number of anilines is 1. The van der Waals surface area contributed by atoms with Crippen LogP contribution in [0.3, 0.4) is 0 Å². The Kier molecular flexibility index (Phi) is 9.23. The molecular weight excluding hydrogens is 435 g/mol. The highest BCUT2D eigenvalue weighted by Gasteiger charge is 2.20. The molecule has 0 saturated carbocycles. The Bertz CT molecular complexity index is 908. The Balaban J connectivity index is 1.74. The smallest absolute Gasteiger partial charge is 0.232 e. The Morgan fingerprint density at radius 2 is 1.86 bits per heavy atom. The molecule has 0 heterocycles. The third-order valence-electron chi connectivity index (χ3n) is 4.02. The summed E-state index contributed by atoms with van der Waals surface area (Å²) in [5, 5.41) is 3.42. The van der Waals surface area contributed by atoms with Gasteiger partial charge in [-0.2, -0.15) is 0 Å². The van der Waals surface area contributed by atoms with Crippen LogP contribution in [0, 0.1) is 0 Å². The van der Waals surface area contributed by atoms with E-state index in [1.807, 2.05) is 30.3 Å². The molecule has 0 aliphatic rings. The van der Waals surface area contributed by atoms with Crippen molar-refractivity contribution in [3.05, 3.63) is 64.1 Å². The normalized spacial score (nSPS) is 11.3. The van der Waals surface area contributed by atoms with Crippen molar-refractivity contribution in [1.82, 2.24) is 5.32 Å². The predicted octanol–water partition coefficient (Wildman–Crippen LogP) is 3.87. The fraction of sp³-hybridized carbons (Fsp3) is 0.350. The third-order valence-corrected chi connectivity index (χ3v) is 5.76. The number of ether oxygens (including phenoxy) is 1. The van der Waals surface area contributed by atoms with Crippen molar-refractivity contribution in [3.8, 4) is 0 Å². The maximum Gasteiger partial charge on any atom is 0.232 e. The summed E-state index contributed by atoms with van der Waals surface area (Å²) in [5.74, 6) is -0.168. The van der Waals surface area contributed by atoms with E-state index in [-0.39, 0.29) is 23.9 Å². The molecule has 0 unspecified atom stereocenters. The summed E-state index contributed by atoms with van der Waals surface area (Å²) in [6, 6.07) is 14.4. The Hall–Kier alpha value is -1.80. The molecule has 0 aromatic heterocycles. The van der Waals surface area contributed by atoms with Crippen LogP contribution in [-0.4, -0.2) is 40.3 Å². The standard InChI is InChI=1S/C20H24Cl2N2O4S/c1-29(26,27)24(19-14-17(21)9-10-18(19)22)12-5-8-20(25)23-11-13-28-15-16-6-3-2-4-7-16/h2-4,6-7,9-10,14H,5,8,11-13,15H2,1H3,(H,23,25). The lowest BCUT2D eigenvalue weighted by Gasteiger charge is -2.23. The van der Waals surface area contributed by atoms with Gasteiger partial charge in [-0.3, -0.25) is 9.10 Å². The van der Waals surface area contributed by atoms with Gasteiger partial charge in [-0.15, -0.1) is 0 Å². The molecule has 0 radical (unpaired) electrons. The van der Waals surface area contributed by atoms with E-state index < -0.39 is 10.0 Å². The highest BCUT2D eigenvalue weighted by atomic mass is 35.5. The molecule has 1 N–H and O–H groups in total. The second-order valence-corrected chi connectivity index (χ2v) is 9.17. The van der Waals surface area contributed by atoms with Gasteiger partial charge in [0.25, 0.3) is 0 Å². The van der Waals surface area contributed by atoms with Gasteiger partial charge >= 0.3 is 0 Å². The highest BCUT2D eigenvalue weighted by molar-refractivity contribution is 7.92. The van der Waals surface area contributed by atoms with Crippen LogP contribution >= 0.6 is 23.2 Å². The molecule has 2 aromatic carbocycles. The number of carbonyl (C=O) groups is 1. The van der Waals surface area contributed by atoms with Crippen molar-refractivity contribution in [2.75, 3.05) is 30.3 Å². The number of hydrogen-bond acceptors (Lipinski definition) is 4. The third kappa shape index (κ3) is 8.22. The van der Waals surface area contributed by atoms with Crippen molar-refractivity contribution in [3.63, 3.8) is 0 Å². The zero-order chi connectivity index (χ0) is 21.3. The number of hydrogen-bond donors (Lipinski definition) is 1. The van der Waals surface area contributed by atoms with Crippen LogP contribution in [0.4, 0.5) is 5.69 Å². The van der Waals surface area contributed by atoms with Gasteiger partial charge in [0.1, 0.15) is 0 Å². The number of rotatable bonds is 11. The second-order valence-electron chi connectivity index (χ2n) is 6.42. The highest BCUT2D eigenvalue weighted by Crippen LogP contribution is 2.30. The number of nitrogens with one attached hydrogen (secondary N) is 1. The fourth-order valence-electron chi connectivity index (χ4n) is 2.64. The monoisotopic (exact) mass is 458 g/mol. The van der Waals surface area contributed by atoms with E-state index in [9.17, 15) is 13.2 Å². The minimum atomic E-state index is -3.57. The maximum atomic E-state index is 12.1. The van der Waals surface area contributed by atoms with Gasteiger partial charge in [-0.05, 0) is 30.2 Å². The van der Waals surface area contributed by atoms with Crippen molar-refractivity contribution >= 4 is 44.8 Å². The number of amides is 1. The average Bonchev–Trinajstić information content (AvgIpc) is 2.67. The summed E-state index contributed by atoms with van der Waals surface area (Å²) in [7, 11) is -3.57. The molecule has 29 heavy (non-hydrogen) atoms. The largest absolute Gasteiger partial charge is 0.375 e. The molecular formula is C20H24Cl2N2O4S. The van der Waals surface area contributed by atoms with Crippen LogP contribution in [0.1, 0.15) is 18.4 Å². The van der Waals surface area contributed by atoms with E-state index in [2.05, 4.69) is 5.32 Å². The van der Waals surface area contributed by atoms with Crippen LogP contribution in [0.5, 0.6) is 0 Å². The minimum Gasteiger partial charge on any atom is -0.375 e. The molecule has 6 nitrogen and oxygen atoms in total. The molecule has 0 saturated heterocycles. The average molecular weight is 459 g/mol. The molecule has 0 fully saturated rings. The lowest BCUT2D eigenvalue weighted by molar-refractivity contribution is -0.121. The van der Waals surface area contributed by atoms with Crippen LogP contribution in [0.15, 0.2) is 48.5 Å². The van der Waals surface area contributed by atoms with Crippen molar-refractivity contribution < 1.29 is 17.9 Å². The molecule has 0 bridgehead atoms. The van der Waals surface area contributed by atoms with Gasteiger partial charge in [0.15, 0.2) is 0 Å². The van der Waals surface area contributed by atoms with Crippen LogP contribution in [0.2, 0.25) is 10.0 Å². The van der Waals surface area contributed by atoms with Gasteiger partial charge in [-0.1, -0.05) is 53.5 Å². The van der Waals surface area contributed by atoms with Gasteiger partial charge in [0.05, 0.1) is 30.2 Å². The topological polar surface area (TPSA) is 75.7 Å². The molecule has 0 aliphatic heterocycles. The Labute approximate surface area is 181 Å². The molecule has 1 amide bonds. The maximum absolute atomic E-state index is 12.1. The molecule has 2 rings (SSSR count). The molecule has 158 valence electrons. The van der Waals surface area contributed by atoms with Crippen molar-refractivity contribution in [1.29, 1.82) is 0 Å². The molecule has 0 spiro atoms. The van der Waals surface area contributed by atoms with E-state index >= 15 is 0 Å². The summed E-state index contributed by atoms with van der Waals surface area (Å²) in [6.45, 7) is 1.40. The summed E-state index contributed by atoms with van der Waals surface area (Å²) >= 11 is 12.1. The Morgan fingerprint density at radius 3 is 2.55 bits per heavy atom. The summed E-state index contributed by atoms with van der Waals surface area (Å²) in [4.78, 5) is 12.0. The molecule has 9 heteroatoms. The summed E-state index contributed by atoms with van der Waals surface area (Å²) < 4.78 is 31.0. The van der Waals surface area contributed by atoms with Gasteiger partial charge in [0.2, 0.25) is 15.9 Å². The van der Waals surface area contributed by atoms with E-state index in [1.54, 1.807) is 12.1 Å². The van der Waals surface area contributed by atoms with E-state index in [4.69, 9.17) is 27.9 Å². The van der Waals surface area contributed by atoms with Crippen LogP contribution in [-0.2, 0) is 26.2 Å². The first-order chi connectivity index (χ1) is 13.8. The lowest BCUT2D eigenvalue weighted by atomic mass is 10.2. The predicted molar refractivity (Wildman–Crippen MR) is 117 cm³/mol. The lowest BCUT2D eigenvalue weighted by Crippen LogP contribution is -2.33. The van der Waals surface area contributed by atoms with Crippen molar-refractivity contribution in [2.24, 2.45) is 0 Å². The Morgan fingerprint density at radius 1 is 1.14 bits per heavy atom. The summed E-state index contributed by atoms with van der Waals surface area (Å²) in [5.41, 5.74) is 1.37. The van der Waals surface area contributed by atoms with E-state index in [1.165, 1.54) is 6.07 Å². The fourth-order valence-corrected chi connectivity index (χ4v) is 4.05. The first-order valence-corrected chi connectivity index (χ1v) is 11.7. The van der Waals surface area contributed by atoms with Crippen molar-refractivity contribution in [2.45, 2.75) is 19.4 Å². The molecule has 2 aromatic rings. The number of carbonyl (C=O) groups excluding carboxylic acids is 1. The first kappa shape index (κ1) is 23.5. The SMILES string of the molecule is CS(=O)(=O)N(CCCC(=O)NCCOCc1ccccc1)c1cc(Cl)ccc1Cl. The zero-order valence-electron chi connectivity index (χ0n) is 16.1. The van der Waals surface area contributed by atoms with E-state index in [0.717, 1.165) is 16.1 Å². The molecule has 0 atom stereocenters. The number of sulfonamides is 1. The zero-order valence-corrected chi connectivity index (χ0v) is 18.4. The van der Waals surface area contributed by atoms with Crippen LogP contribution in [0.25, 0.3) is 0 Å². The summed E-state index contributed by atoms with van der Waals surface area (Å²) in [6.07, 6.45) is 1.61. The van der Waals surface area contributed by atoms with Gasteiger partial charge < -0.3 is 10.1 Å². The number of halogens is 2. The van der Waals surface area contributed by atoms with Gasteiger partial charge in [-0.25, -0.2) is 8.42 Å². The number of benzene rings is 2. The second kappa shape index (κ2) is 11.4. The minimum absolute atomic E-state index is 0.122. The quantitative estimate of drug-likeness (QED) is 0.518. The van der Waals surface area contributed by atoms with E-state index in [0.29, 0.717) is 36.9 Å².